The van der Waals surface area contributed by atoms with Gasteiger partial charge in [0.25, 0.3) is 11.8 Å². The van der Waals surface area contributed by atoms with E-state index in [2.05, 4.69) is 9.88 Å². The van der Waals surface area contributed by atoms with Crippen LogP contribution in [0.2, 0.25) is 0 Å². The third-order valence-corrected chi connectivity index (χ3v) is 6.56. The summed E-state index contributed by atoms with van der Waals surface area (Å²) in [7, 11) is 0. The van der Waals surface area contributed by atoms with E-state index in [1.54, 1.807) is 24.5 Å². The Morgan fingerprint density at radius 2 is 1.67 bits per heavy atom. The molecule has 2 aliphatic heterocycles. The monoisotopic (exact) mass is 399 g/mol. The molecule has 2 saturated heterocycles. The average molecular weight is 399 g/mol. The number of nitrogens with zero attached hydrogens (tertiary/aromatic N) is 3. The van der Waals surface area contributed by atoms with Crippen LogP contribution in [0.4, 0.5) is 0 Å². The van der Waals surface area contributed by atoms with Crippen molar-refractivity contribution in [2.45, 2.75) is 25.3 Å². The Labute approximate surface area is 176 Å². The number of benzene rings is 2. The zero-order valence-corrected chi connectivity index (χ0v) is 16.9. The van der Waals surface area contributed by atoms with Gasteiger partial charge in [0.1, 0.15) is 0 Å². The predicted octanol–water partition coefficient (Wildman–Crippen LogP) is 4.00. The van der Waals surface area contributed by atoms with Gasteiger partial charge in [-0.1, -0.05) is 36.4 Å². The van der Waals surface area contributed by atoms with Crippen LogP contribution in [0.1, 0.15) is 40.0 Å². The maximum Gasteiger partial charge on any atom is 0.254 e. The Morgan fingerprint density at radius 3 is 2.53 bits per heavy atom. The lowest BCUT2D eigenvalue weighted by Gasteiger charge is -2.47. The molecule has 5 nitrogen and oxygen atoms in total. The zero-order chi connectivity index (χ0) is 20.5. The standard InChI is InChI=1S/C25H25N3O2/c29-24(19-10-13-26-14-11-19)27-16-12-23-20(17-27)7-4-15-28(23)25(30)22-9-3-6-18-5-1-2-8-21(18)22/h1-3,5-6,8-11,13-14,20,23H,4,7,12,15-17H2/t20-,23-/m1/s1. The van der Waals surface area contributed by atoms with E-state index in [0.29, 0.717) is 24.6 Å². The summed E-state index contributed by atoms with van der Waals surface area (Å²) in [6.45, 7) is 2.19. The summed E-state index contributed by atoms with van der Waals surface area (Å²) in [5, 5.41) is 2.10. The number of aromatic nitrogens is 1. The molecule has 152 valence electrons. The second kappa shape index (κ2) is 7.90. The number of hydrogen-bond acceptors (Lipinski definition) is 3. The minimum atomic E-state index is 0.0633. The number of hydrogen-bond donors (Lipinski definition) is 0. The molecule has 0 saturated carbocycles. The Morgan fingerprint density at radius 1 is 0.867 bits per heavy atom. The molecule has 2 aromatic carbocycles. The van der Waals surface area contributed by atoms with Crippen LogP contribution in [0.3, 0.4) is 0 Å². The molecule has 5 rings (SSSR count). The van der Waals surface area contributed by atoms with Crippen LogP contribution in [0, 0.1) is 5.92 Å². The normalized spacial score (nSPS) is 21.3. The fourth-order valence-electron chi connectivity index (χ4n) is 5.08. The van der Waals surface area contributed by atoms with Gasteiger partial charge in [0.2, 0.25) is 0 Å². The first kappa shape index (κ1) is 18.8. The molecule has 0 spiro atoms. The number of carbonyl (C=O) groups excluding carboxylic acids is 2. The second-order valence-electron chi connectivity index (χ2n) is 8.27. The van der Waals surface area contributed by atoms with Crippen LogP contribution >= 0.6 is 0 Å². The average Bonchev–Trinajstić information content (AvgIpc) is 2.82. The molecule has 0 N–H and O–H groups in total. The Hall–Kier alpha value is -3.21. The van der Waals surface area contributed by atoms with Crippen molar-refractivity contribution < 1.29 is 9.59 Å². The minimum Gasteiger partial charge on any atom is -0.338 e. The third kappa shape index (κ3) is 3.34. The summed E-state index contributed by atoms with van der Waals surface area (Å²) in [5.41, 5.74) is 1.46. The van der Waals surface area contributed by atoms with Crippen molar-refractivity contribution in [3.63, 3.8) is 0 Å². The van der Waals surface area contributed by atoms with Crippen LogP contribution in [-0.2, 0) is 0 Å². The van der Waals surface area contributed by atoms with E-state index >= 15 is 0 Å². The summed E-state index contributed by atoms with van der Waals surface area (Å²) >= 11 is 0. The van der Waals surface area contributed by atoms with E-state index in [4.69, 9.17) is 0 Å². The molecule has 3 heterocycles. The molecule has 2 atom stereocenters. The fourth-order valence-corrected chi connectivity index (χ4v) is 5.08. The van der Waals surface area contributed by atoms with Crippen LogP contribution < -0.4 is 0 Å². The molecule has 2 amide bonds. The molecule has 2 fully saturated rings. The number of likely N-dealkylation sites (tertiary alicyclic amines) is 2. The van der Waals surface area contributed by atoms with Gasteiger partial charge in [-0.25, -0.2) is 0 Å². The van der Waals surface area contributed by atoms with Gasteiger partial charge in [-0.2, -0.15) is 0 Å². The maximum atomic E-state index is 13.5. The molecule has 0 unspecified atom stereocenters. The van der Waals surface area contributed by atoms with Crippen molar-refractivity contribution in [3.8, 4) is 0 Å². The number of fused-ring (bicyclic) bond motifs is 2. The SMILES string of the molecule is O=C(c1ccncc1)N1CC[C@@H]2[C@H](CCCN2C(=O)c2cccc3ccccc23)C1. The van der Waals surface area contributed by atoms with Gasteiger partial charge in [-0.15, -0.1) is 0 Å². The van der Waals surface area contributed by atoms with E-state index in [1.807, 2.05) is 47.4 Å². The van der Waals surface area contributed by atoms with Crippen molar-refractivity contribution in [1.29, 1.82) is 0 Å². The highest BCUT2D eigenvalue weighted by atomic mass is 16.2. The van der Waals surface area contributed by atoms with E-state index in [1.165, 1.54) is 0 Å². The molecular weight excluding hydrogens is 374 g/mol. The molecule has 0 radical (unpaired) electrons. The van der Waals surface area contributed by atoms with Crippen LogP contribution in [0.15, 0.2) is 67.0 Å². The van der Waals surface area contributed by atoms with Gasteiger partial charge >= 0.3 is 0 Å². The first-order valence-corrected chi connectivity index (χ1v) is 10.7. The van der Waals surface area contributed by atoms with Crippen LogP contribution in [0.5, 0.6) is 0 Å². The van der Waals surface area contributed by atoms with Gasteiger partial charge < -0.3 is 9.80 Å². The number of amides is 2. The van der Waals surface area contributed by atoms with E-state index in [0.717, 1.165) is 42.1 Å². The second-order valence-corrected chi connectivity index (χ2v) is 8.27. The highest BCUT2D eigenvalue weighted by molar-refractivity contribution is 6.07. The lowest BCUT2D eigenvalue weighted by atomic mass is 9.83. The predicted molar refractivity (Wildman–Crippen MR) is 116 cm³/mol. The molecule has 0 aliphatic carbocycles. The maximum absolute atomic E-state index is 13.5. The summed E-state index contributed by atoms with van der Waals surface area (Å²) in [4.78, 5) is 34.4. The van der Waals surface area contributed by atoms with E-state index < -0.39 is 0 Å². The van der Waals surface area contributed by atoms with E-state index in [9.17, 15) is 9.59 Å². The van der Waals surface area contributed by atoms with Gasteiger partial charge in [-0.05, 0) is 54.2 Å². The highest BCUT2D eigenvalue weighted by Crippen LogP contribution is 2.33. The van der Waals surface area contributed by atoms with Crippen molar-refractivity contribution >= 4 is 22.6 Å². The number of carbonyl (C=O) groups is 2. The van der Waals surface area contributed by atoms with Gasteiger partial charge in [0.15, 0.2) is 0 Å². The molecular formula is C25H25N3O2. The van der Waals surface area contributed by atoms with Crippen molar-refractivity contribution in [2.24, 2.45) is 5.92 Å². The Kier molecular flexibility index (Phi) is 4.95. The third-order valence-electron chi connectivity index (χ3n) is 6.56. The summed E-state index contributed by atoms with van der Waals surface area (Å²) in [6, 6.07) is 17.8. The molecule has 3 aromatic rings. The molecule has 30 heavy (non-hydrogen) atoms. The number of pyridine rings is 1. The van der Waals surface area contributed by atoms with Gasteiger partial charge in [-0.3, -0.25) is 14.6 Å². The lowest BCUT2D eigenvalue weighted by molar-refractivity contribution is 0.0198. The molecule has 2 aliphatic rings. The quantitative estimate of drug-likeness (QED) is 0.654. The lowest BCUT2D eigenvalue weighted by Crippen LogP contribution is -2.56. The van der Waals surface area contributed by atoms with Crippen molar-refractivity contribution in [1.82, 2.24) is 14.8 Å². The first-order chi connectivity index (χ1) is 14.7. The molecule has 1 aromatic heterocycles. The van der Waals surface area contributed by atoms with Gasteiger partial charge in [0, 0.05) is 49.2 Å². The number of rotatable bonds is 2. The summed E-state index contributed by atoms with van der Waals surface area (Å²) in [6.07, 6.45) is 6.19. The first-order valence-electron chi connectivity index (χ1n) is 10.7. The number of piperidine rings is 2. The van der Waals surface area contributed by atoms with Crippen LogP contribution in [0.25, 0.3) is 10.8 Å². The fraction of sp³-hybridized carbons (Fsp3) is 0.320. The highest BCUT2D eigenvalue weighted by Gasteiger charge is 2.39. The summed E-state index contributed by atoms with van der Waals surface area (Å²) in [5.74, 6) is 0.515. The van der Waals surface area contributed by atoms with E-state index in [-0.39, 0.29) is 17.9 Å². The largest absolute Gasteiger partial charge is 0.338 e. The molecule has 5 heteroatoms. The van der Waals surface area contributed by atoms with Crippen LogP contribution in [-0.4, -0.2) is 52.3 Å². The Bertz CT molecular complexity index is 1080. The Balaban J connectivity index is 1.36. The zero-order valence-electron chi connectivity index (χ0n) is 16.9. The summed E-state index contributed by atoms with van der Waals surface area (Å²) < 4.78 is 0. The van der Waals surface area contributed by atoms with Crippen molar-refractivity contribution in [2.75, 3.05) is 19.6 Å². The molecule has 0 bridgehead atoms. The van der Waals surface area contributed by atoms with Gasteiger partial charge in [0.05, 0.1) is 0 Å². The smallest absolute Gasteiger partial charge is 0.254 e. The topological polar surface area (TPSA) is 53.5 Å². The minimum absolute atomic E-state index is 0.0633. The van der Waals surface area contributed by atoms with Crippen molar-refractivity contribution in [3.05, 3.63) is 78.1 Å².